The van der Waals surface area contributed by atoms with Crippen LogP contribution in [-0.2, 0) is 14.2 Å². The molecule has 2 aromatic carbocycles. The van der Waals surface area contributed by atoms with Crippen LogP contribution in [0.4, 0.5) is 4.39 Å². The van der Waals surface area contributed by atoms with Gasteiger partial charge >= 0.3 is 11.9 Å². The summed E-state index contributed by atoms with van der Waals surface area (Å²) in [5.41, 5.74) is 0.663. The Bertz CT molecular complexity index is 755. The van der Waals surface area contributed by atoms with Crippen molar-refractivity contribution in [1.82, 2.24) is 0 Å². The minimum atomic E-state index is -1.68. The van der Waals surface area contributed by atoms with Gasteiger partial charge < -0.3 is 14.2 Å². The third kappa shape index (κ3) is 4.28. The molecule has 0 bridgehead atoms. The highest BCUT2D eigenvalue weighted by molar-refractivity contribution is 9.09. The third-order valence-electron chi connectivity index (χ3n) is 3.87. The summed E-state index contributed by atoms with van der Waals surface area (Å²) in [4.78, 5) is 23.6. The fraction of sp³-hybridized carbons (Fsp3) is 0.263. The molecule has 3 rings (SSSR count). The Balaban J connectivity index is 1.74. The molecule has 2 aromatic rings. The number of benzene rings is 2. The molecular weight excluding hydrogens is 407 g/mol. The summed E-state index contributed by atoms with van der Waals surface area (Å²) in [6, 6.07) is 16.7. The number of carbonyl (C=O) groups excluding carboxylic acids is 2. The summed E-state index contributed by atoms with van der Waals surface area (Å²) in [6.45, 7) is -0.214. The second-order valence-corrected chi connectivity index (χ2v) is 6.73. The van der Waals surface area contributed by atoms with Gasteiger partial charge in [0.15, 0.2) is 12.2 Å². The van der Waals surface area contributed by atoms with Gasteiger partial charge in [0.2, 0.25) is 6.36 Å². The van der Waals surface area contributed by atoms with E-state index in [0.717, 1.165) is 0 Å². The molecule has 0 aliphatic carbocycles. The monoisotopic (exact) mass is 422 g/mol. The first kappa shape index (κ1) is 18.5. The van der Waals surface area contributed by atoms with E-state index in [4.69, 9.17) is 14.2 Å². The second-order valence-electron chi connectivity index (χ2n) is 5.67. The van der Waals surface area contributed by atoms with Crippen LogP contribution in [0.2, 0.25) is 0 Å². The van der Waals surface area contributed by atoms with Gasteiger partial charge in [0.25, 0.3) is 0 Å². The van der Waals surface area contributed by atoms with Crippen LogP contribution in [0.3, 0.4) is 0 Å². The minimum Gasteiger partial charge on any atom is -0.453 e. The number of carbonyl (C=O) groups is 2. The lowest BCUT2D eigenvalue weighted by atomic mass is 10.1. The molecule has 0 saturated carbocycles. The standard InChI is InChI=1S/C19H16BrFO5/c20-15-16(26-19(23)13-9-5-2-6-10-13)14(11-24-17(15)21)25-18(22)12-7-3-1-4-8-12/h1-10,14-17H,11H2/t14-,15+,16-,17+/m0/s1. The molecule has 136 valence electrons. The SMILES string of the molecule is O=C(O[C@@H]1[C@@H](Br)[C@H](F)OC[C@@H]1OC(=O)c1ccccc1)c1ccccc1. The van der Waals surface area contributed by atoms with E-state index >= 15 is 0 Å². The Morgan fingerprint density at radius 1 is 0.923 bits per heavy atom. The maximum Gasteiger partial charge on any atom is 0.338 e. The van der Waals surface area contributed by atoms with E-state index in [1.165, 1.54) is 0 Å². The second kappa shape index (κ2) is 8.42. The molecule has 0 radical (unpaired) electrons. The van der Waals surface area contributed by atoms with E-state index in [-0.39, 0.29) is 6.61 Å². The summed E-state index contributed by atoms with van der Waals surface area (Å²) in [6.07, 6.45) is -3.65. The molecule has 0 N–H and O–H groups in total. The molecule has 0 aromatic heterocycles. The molecule has 1 heterocycles. The average Bonchev–Trinajstić information content (AvgIpc) is 2.68. The Morgan fingerprint density at radius 3 is 1.96 bits per heavy atom. The van der Waals surface area contributed by atoms with Gasteiger partial charge in [0.1, 0.15) is 4.83 Å². The smallest absolute Gasteiger partial charge is 0.338 e. The number of halogens is 2. The van der Waals surface area contributed by atoms with Gasteiger partial charge in [-0.05, 0) is 24.3 Å². The zero-order chi connectivity index (χ0) is 18.5. The van der Waals surface area contributed by atoms with E-state index in [0.29, 0.717) is 11.1 Å². The number of hydrogen-bond acceptors (Lipinski definition) is 5. The molecule has 1 fully saturated rings. The van der Waals surface area contributed by atoms with Crippen molar-refractivity contribution < 1.29 is 28.2 Å². The zero-order valence-electron chi connectivity index (χ0n) is 13.6. The van der Waals surface area contributed by atoms with E-state index in [1.807, 2.05) is 0 Å². The molecule has 1 saturated heterocycles. The predicted molar refractivity (Wildman–Crippen MR) is 94.9 cm³/mol. The molecule has 0 amide bonds. The van der Waals surface area contributed by atoms with Gasteiger partial charge in [-0.2, -0.15) is 0 Å². The number of alkyl halides is 2. The first-order valence-corrected chi connectivity index (χ1v) is 8.89. The summed E-state index contributed by atoms with van der Waals surface area (Å²) in [5, 5.41) is 0. The van der Waals surface area contributed by atoms with Crippen molar-refractivity contribution in [3.05, 3.63) is 71.8 Å². The molecular formula is C19H16BrFO5. The summed E-state index contributed by atoms with van der Waals surface area (Å²) in [7, 11) is 0. The molecule has 7 heteroatoms. The fourth-order valence-electron chi connectivity index (χ4n) is 2.52. The van der Waals surface area contributed by atoms with Crippen LogP contribution in [0.1, 0.15) is 20.7 Å². The topological polar surface area (TPSA) is 61.8 Å². The number of esters is 2. The third-order valence-corrected chi connectivity index (χ3v) is 4.81. The van der Waals surface area contributed by atoms with E-state index < -0.39 is 35.3 Å². The number of hydrogen-bond donors (Lipinski definition) is 0. The van der Waals surface area contributed by atoms with Crippen LogP contribution in [0.15, 0.2) is 60.7 Å². The molecule has 0 unspecified atom stereocenters. The highest BCUT2D eigenvalue weighted by Gasteiger charge is 2.44. The van der Waals surface area contributed by atoms with Crippen LogP contribution in [0.5, 0.6) is 0 Å². The van der Waals surface area contributed by atoms with Gasteiger partial charge in [-0.15, -0.1) is 0 Å². The van der Waals surface area contributed by atoms with Crippen molar-refractivity contribution in [2.75, 3.05) is 6.61 Å². The first-order valence-electron chi connectivity index (χ1n) is 7.98. The molecule has 1 aliphatic heterocycles. The summed E-state index contributed by atoms with van der Waals surface area (Å²) in [5.74, 6) is -1.23. The maximum atomic E-state index is 13.9. The lowest BCUT2D eigenvalue weighted by Crippen LogP contribution is -2.52. The Hall–Kier alpha value is -2.25. The average molecular weight is 423 g/mol. The predicted octanol–water partition coefficient (Wildman–Crippen LogP) is 3.53. The Morgan fingerprint density at radius 2 is 1.42 bits per heavy atom. The normalized spacial score (nSPS) is 25.3. The van der Waals surface area contributed by atoms with Crippen molar-refractivity contribution in [3.8, 4) is 0 Å². The van der Waals surface area contributed by atoms with E-state index in [1.54, 1.807) is 60.7 Å². The van der Waals surface area contributed by atoms with Crippen LogP contribution in [0, 0.1) is 0 Å². The molecule has 26 heavy (non-hydrogen) atoms. The van der Waals surface area contributed by atoms with E-state index in [2.05, 4.69) is 15.9 Å². The number of rotatable bonds is 4. The molecule has 1 aliphatic rings. The van der Waals surface area contributed by atoms with Crippen molar-refractivity contribution in [2.24, 2.45) is 0 Å². The van der Waals surface area contributed by atoms with Crippen molar-refractivity contribution >= 4 is 27.9 Å². The van der Waals surface area contributed by atoms with Crippen LogP contribution in [0.25, 0.3) is 0 Å². The Labute approximate surface area is 158 Å². The highest BCUT2D eigenvalue weighted by atomic mass is 79.9. The van der Waals surface area contributed by atoms with Crippen LogP contribution < -0.4 is 0 Å². The fourth-order valence-corrected chi connectivity index (χ4v) is 3.12. The van der Waals surface area contributed by atoms with Gasteiger partial charge in [-0.25, -0.2) is 14.0 Å². The quantitative estimate of drug-likeness (QED) is 0.557. The van der Waals surface area contributed by atoms with Crippen LogP contribution >= 0.6 is 15.9 Å². The molecule has 4 atom stereocenters. The Kier molecular flexibility index (Phi) is 6.00. The highest BCUT2D eigenvalue weighted by Crippen LogP contribution is 2.28. The zero-order valence-corrected chi connectivity index (χ0v) is 15.2. The molecule has 5 nitrogen and oxygen atoms in total. The van der Waals surface area contributed by atoms with Gasteiger partial charge in [0.05, 0.1) is 17.7 Å². The maximum absolute atomic E-state index is 13.9. The summed E-state index contributed by atoms with van der Waals surface area (Å²) < 4.78 is 29.7. The lowest BCUT2D eigenvalue weighted by Gasteiger charge is -2.36. The van der Waals surface area contributed by atoms with Crippen molar-refractivity contribution in [1.29, 1.82) is 0 Å². The lowest BCUT2D eigenvalue weighted by molar-refractivity contribution is -0.159. The van der Waals surface area contributed by atoms with Gasteiger partial charge in [-0.1, -0.05) is 52.3 Å². The minimum absolute atomic E-state index is 0.214. The van der Waals surface area contributed by atoms with Gasteiger partial charge in [0, 0.05) is 0 Å². The first-order chi connectivity index (χ1) is 12.6. The number of ether oxygens (including phenoxy) is 3. The molecule has 0 spiro atoms. The van der Waals surface area contributed by atoms with Crippen molar-refractivity contribution in [2.45, 2.75) is 23.4 Å². The van der Waals surface area contributed by atoms with E-state index in [9.17, 15) is 14.0 Å². The summed E-state index contributed by atoms with van der Waals surface area (Å²) >= 11 is 3.14. The van der Waals surface area contributed by atoms with Gasteiger partial charge in [-0.3, -0.25) is 0 Å². The van der Waals surface area contributed by atoms with Crippen molar-refractivity contribution in [3.63, 3.8) is 0 Å². The van der Waals surface area contributed by atoms with Crippen LogP contribution in [-0.4, -0.2) is 41.9 Å². The largest absolute Gasteiger partial charge is 0.453 e.